The van der Waals surface area contributed by atoms with Crippen molar-refractivity contribution in [1.82, 2.24) is 4.90 Å². The molecule has 0 aliphatic carbocycles. The van der Waals surface area contributed by atoms with Gasteiger partial charge in [0.2, 0.25) is 5.84 Å². The number of carbonyl (C=O) groups is 1. The molecule has 1 rings (SSSR count). The first kappa shape index (κ1) is 17.0. The van der Waals surface area contributed by atoms with E-state index in [-0.39, 0.29) is 13.0 Å². The van der Waals surface area contributed by atoms with E-state index in [1.54, 1.807) is 0 Å². The molecule has 5 heteroatoms. The van der Waals surface area contributed by atoms with Crippen LogP contribution < -0.4 is 5.11 Å². The van der Waals surface area contributed by atoms with Crippen LogP contribution in [-0.4, -0.2) is 59.2 Å². The Hall–Kier alpha value is -1.10. The fourth-order valence-corrected chi connectivity index (χ4v) is 2.73. The van der Waals surface area contributed by atoms with E-state index in [1.165, 1.54) is 31.5 Å². The number of aliphatic hydroxyl groups excluding tert-OH is 1. The maximum absolute atomic E-state index is 10.6. The van der Waals surface area contributed by atoms with Gasteiger partial charge >= 0.3 is 0 Å². The van der Waals surface area contributed by atoms with Crippen LogP contribution in [0.4, 0.5) is 0 Å². The van der Waals surface area contributed by atoms with Gasteiger partial charge in [-0.15, -0.1) is 0 Å². The molecule has 1 aliphatic rings. The Morgan fingerprint density at radius 1 is 1.35 bits per heavy atom. The highest BCUT2D eigenvalue weighted by Crippen LogP contribution is 2.12. The number of aliphatic carboxylic acids is 1. The first-order chi connectivity index (χ1) is 9.69. The summed E-state index contributed by atoms with van der Waals surface area (Å²) < 4.78 is 2.19. The number of carboxylic acid groups (broad SMARTS) is 1. The topological polar surface area (TPSA) is 66.6 Å². The molecule has 0 aromatic rings. The molecule has 0 aromatic carbocycles. The molecule has 0 atom stereocenters. The van der Waals surface area contributed by atoms with Crippen molar-refractivity contribution in [3.63, 3.8) is 0 Å². The molecule has 0 radical (unpaired) electrons. The van der Waals surface area contributed by atoms with Crippen LogP contribution in [0, 0.1) is 0 Å². The molecule has 0 saturated heterocycles. The zero-order valence-corrected chi connectivity index (χ0v) is 12.6. The molecule has 5 nitrogen and oxygen atoms in total. The molecule has 1 heterocycles. The quantitative estimate of drug-likeness (QED) is 0.435. The highest BCUT2D eigenvalue weighted by atomic mass is 16.4. The van der Waals surface area contributed by atoms with E-state index in [9.17, 15) is 9.90 Å². The number of aliphatic hydroxyl groups is 1. The summed E-state index contributed by atoms with van der Waals surface area (Å²) in [6, 6.07) is 0. The van der Waals surface area contributed by atoms with Crippen molar-refractivity contribution in [2.24, 2.45) is 0 Å². The molecule has 20 heavy (non-hydrogen) atoms. The third-order valence-corrected chi connectivity index (χ3v) is 3.83. The average molecular weight is 284 g/mol. The number of carboxylic acids is 1. The third-order valence-electron chi connectivity index (χ3n) is 3.83. The fraction of sp³-hybridized carbons (Fsp3) is 0.867. The minimum Gasteiger partial charge on any atom is -0.550 e. The Morgan fingerprint density at radius 3 is 2.75 bits per heavy atom. The van der Waals surface area contributed by atoms with E-state index in [2.05, 4.69) is 16.4 Å². The van der Waals surface area contributed by atoms with E-state index in [4.69, 9.17) is 5.11 Å². The van der Waals surface area contributed by atoms with Gasteiger partial charge in [0.15, 0.2) is 0 Å². The molecule has 0 unspecified atom stereocenters. The number of hydrogen-bond donors (Lipinski definition) is 1. The van der Waals surface area contributed by atoms with Gasteiger partial charge in [0.1, 0.15) is 19.6 Å². The molecule has 0 spiro atoms. The lowest BCUT2D eigenvalue weighted by Crippen LogP contribution is -2.34. The normalized spacial score (nSPS) is 15.2. The van der Waals surface area contributed by atoms with Crippen LogP contribution in [-0.2, 0) is 4.79 Å². The largest absolute Gasteiger partial charge is 0.550 e. The molecule has 1 aliphatic heterocycles. The summed E-state index contributed by atoms with van der Waals surface area (Å²) in [5.41, 5.74) is 0. The lowest BCUT2D eigenvalue weighted by atomic mass is 10.1. The minimum atomic E-state index is -0.993. The van der Waals surface area contributed by atoms with Crippen molar-refractivity contribution in [3.05, 3.63) is 0 Å². The molecule has 0 fully saturated rings. The van der Waals surface area contributed by atoms with E-state index < -0.39 is 5.97 Å². The maximum Gasteiger partial charge on any atom is 0.247 e. The SMILES string of the molecule is CCCCCCCC1=[N+](CCO)CCN1CCC(=O)[O-]. The fourth-order valence-electron chi connectivity index (χ4n) is 2.73. The van der Waals surface area contributed by atoms with E-state index in [1.807, 2.05) is 0 Å². The zero-order chi connectivity index (χ0) is 14.8. The maximum atomic E-state index is 10.6. The van der Waals surface area contributed by atoms with Gasteiger partial charge in [0, 0.05) is 18.8 Å². The van der Waals surface area contributed by atoms with E-state index >= 15 is 0 Å². The smallest absolute Gasteiger partial charge is 0.247 e. The highest BCUT2D eigenvalue weighted by molar-refractivity contribution is 5.79. The molecule has 1 N–H and O–H groups in total. The second kappa shape index (κ2) is 9.75. The molecule has 116 valence electrons. The van der Waals surface area contributed by atoms with Gasteiger partial charge in [-0.25, -0.2) is 0 Å². The standard InChI is InChI=1S/C15H28N2O3/c1-2-3-4-5-6-7-14-16(9-8-15(19)20)10-11-17(14)12-13-18/h18H,2-13H2,1H3. The number of amidine groups is 1. The summed E-state index contributed by atoms with van der Waals surface area (Å²) in [7, 11) is 0. The molecule has 0 amide bonds. The van der Waals surface area contributed by atoms with Crippen LogP contribution in [0.1, 0.15) is 51.9 Å². The highest BCUT2D eigenvalue weighted by Gasteiger charge is 2.28. The first-order valence-corrected chi connectivity index (χ1v) is 7.85. The molecular weight excluding hydrogens is 256 g/mol. The van der Waals surface area contributed by atoms with E-state index in [0.717, 1.165) is 25.9 Å². The number of unbranched alkanes of at least 4 members (excludes halogenated alkanes) is 4. The summed E-state index contributed by atoms with van der Waals surface area (Å²) >= 11 is 0. The van der Waals surface area contributed by atoms with Gasteiger partial charge in [0.05, 0.1) is 13.2 Å². The Balaban J connectivity index is 2.47. The summed E-state index contributed by atoms with van der Waals surface area (Å²) in [6.45, 7) is 5.26. The molecule has 0 saturated carbocycles. The Kier molecular flexibility index (Phi) is 8.26. The van der Waals surface area contributed by atoms with Crippen LogP contribution >= 0.6 is 0 Å². The predicted molar refractivity (Wildman–Crippen MR) is 76.7 cm³/mol. The van der Waals surface area contributed by atoms with Gasteiger partial charge in [0.25, 0.3) is 0 Å². The monoisotopic (exact) mass is 284 g/mol. The second-order valence-corrected chi connectivity index (χ2v) is 5.40. The van der Waals surface area contributed by atoms with Crippen molar-refractivity contribution in [3.8, 4) is 0 Å². The van der Waals surface area contributed by atoms with Crippen molar-refractivity contribution >= 4 is 11.8 Å². The van der Waals surface area contributed by atoms with Gasteiger partial charge in [-0.05, 0) is 6.42 Å². The van der Waals surface area contributed by atoms with Crippen molar-refractivity contribution in [1.29, 1.82) is 0 Å². The van der Waals surface area contributed by atoms with Crippen LogP contribution in [0.3, 0.4) is 0 Å². The number of β-amino-alcohol motifs (C(OH)–C–C–N with tert-alkyl or cyclic N) is 1. The number of carbonyl (C=O) groups excluding carboxylic acids is 1. The third kappa shape index (κ3) is 5.90. The predicted octanol–water partition coefficient (Wildman–Crippen LogP) is 0.206. The van der Waals surface area contributed by atoms with Crippen molar-refractivity contribution in [2.75, 3.05) is 32.8 Å². The summed E-state index contributed by atoms with van der Waals surface area (Å²) in [5.74, 6) is 0.213. The Bertz CT molecular complexity index is 329. The van der Waals surface area contributed by atoms with Gasteiger partial charge < -0.3 is 15.0 Å². The summed E-state index contributed by atoms with van der Waals surface area (Å²) in [6.07, 6.45) is 7.21. The number of rotatable bonds is 11. The summed E-state index contributed by atoms with van der Waals surface area (Å²) in [4.78, 5) is 12.7. The van der Waals surface area contributed by atoms with Crippen LogP contribution in [0.2, 0.25) is 0 Å². The Labute approximate surface area is 121 Å². The van der Waals surface area contributed by atoms with Gasteiger partial charge in [-0.1, -0.05) is 32.6 Å². The first-order valence-electron chi connectivity index (χ1n) is 7.85. The molecule has 0 aromatic heterocycles. The van der Waals surface area contributed by atoms with E-state index in [0.29, 0.717) is 13.1 Å². The number of nitrogens with zero attached hydrogens (tertiary/aromatic N) is 2. The van der Waals surface area contributed by atoms with Gasteiger partial charge in [-0.3, -0.25) is 9.48 Å². The number of hydrogen-bond acceptors (Lipinski definition) is 4. The van der Waals surface area contributed by atoms with Crippen molar-refractivity contribution < 1.29 is 19.6 Å². The molecular formula is C15H28N2O3. The molecule has 0 bridgehead atoms. The lowest BCUT2D eigenvalue weighted by molar-refractivity contribution is -0.521. The average Bonchev–Trinajstić information content (AvgIpc) is 2.79. The summed E-state index contributed by atoms with van der Waals surface area (Å²) in [5, 5.41) is 19.7. The second-order valence-electron chi connectivity index (χ2n) is 5.40. The Morgan fingerprint density at radius 2 is 2.10 bits per heavy atom. The lowest BCUT2D eigenvalue weighted by Gasteiger charge is -2.14. The van der Waals surface area contributed by atoms with Crippen molar-refractivity contribution in [2.45, 2.75) is 51.9 Å². The van der Waals surface area contributed by atoms with Crippen LogP contribution in [0.25, 0.3) is 0 Å². The van der Waals surface area contributed by atoms with Gasteiger partial charge in [-0.2, -0.15) is 0 Å². The minimum absolute atomic E-state index is 0.0757. The zero-order valence-electron chi connectivity index (χ0n) is 12.6. The van der Waals surface area contributed by atoms with Crippen LogP contribution in [0.15, 0.2) is 0 Å². The van der Waals surface area contributed by atoms with Crippen LogP contribution in [0.5, 0.6) is 0 Å².